The van der Waals surface area contributed by atoms with Gasteiger partial charge in [0, 0.05) is 6.04 Å². The highest BCUT2D eigenvalue weighted by Gasteiger charge is 2.21. The lowest BCUT2D eigenvalue weighted by Gasteiger charge is -2.31. The molecule has 0 aromatic heterocycles. The van der Waals surface area contributed by atoms with Gasteiger partial charge < -0.3 is 5.32 Å². The molecular formula is C14H29N. The van der Waals surface area contributed by atoms with E-state index in [4.69, 9.17) is 0 Å². The van der Waals surface area contributed by atoms with E-state index in [-0.39, 0.29) is 0 Å². The molecule has 0 radical (unpaired) electrons. The lowest BCUT2D eigenvalue weighted by Crippen LogP contribution is -2.38. The molecule has 1 aliphatic carbocycles. The highest BCUT2D eigenvalue weighted by atomic mass is 14.9. The summed E-state index contributed by atoms with van der Waals surface area (Å²) >= 11 is 0. The van der Waals surface area contributed by atoms with Crippen molar-refractivity contribution in [2.45, 2.75) is 65.8 Å². The fourth-order valence-electron chi connectivity index (χ4n) is 2.59. The molecule has 0 aromatic rings. The molecule has 0 saturated heterocycles. The van der Waals surface area contributed by atoms with E-state index in [1.54, 1.807) is 0 Å². The molecule has 1 fully saturated rings. The first-order valence-electron chi connectivity index (χ1n) is 6.88. The van der Waals surface area contributed by atoms with E-state index in [2.05, 4.69) is 33.0 Å². The van der Waals surface area contributed by atoms with Gasteiger partial charge in [-0.15, -0.1) is 0 Å². The number of hydrogen-bond donors (Lipinski definition) is 1. The molecule has 1 saturated carbocycles. The Kier molecular flexibility index (Phi) is 5.66. The van der Waals surface area contributed by atoms with Crippen LogP contribution in [-0.4, -0.2) is 12.6 Å². The maximum Gasteiger partial charge on any atom is 0.00643 e. The predicted octanol–water partition coefficient (Wildman–Crippen LogP) is 3.84. The van der Waals surface area contributed by atoms with E-state index in [1.807, 2.05) is 0 Å². The zero-order valence-electron chi connectivity index (χ0n) is 11.1. The number of hydrogen-bond acceptors (Lipinski definition) is 1. The second kappa shape index (κ2) is 6.52. The van der Waals surface area contributed by atoms with Crippen molar-refractivity contribution in [3.8, 4) is 0 Å². The molecule has 1 nitrogen and oxygen atoms in total. The summed E-state index contributed by atoms with van der Waals surface area (Å²) in [6, 6.07) is 0.684. The highest BCUT2D eigenvalue weighted by molar-refractivity contribution is 4.76. The van der Waals surface area contributed by atoms with Gasteiger partial charge in [0.15, 0.2) is 0 Å². The Hall–Kier alpha value is -0.0400. The molecule has 0 spiro atoms. The van der Waals surface area contributed by atoms with Gasteiger partial charge in [-0.25, -0.2) is 0 Å². The molecule has 1 N–H and O–H groups in total. The summed E-state index contributed by atoms with van der Waals surface area (Å²) in [6.07, 6.45) is 7.09. The van der Waals surface area contributed by atoms with Crippen molar-refractivity contribution in [1.29, 1.82) is 0 Å². The van der Waals surface area contributed by atoms with Crippen LogP contribution in [0.3, 0.4) is 0 Å². The van der Waals surface area contributed by atoms with Crippen molar-refractivity contribution >= 4 is 0 Å². The molecule has 1 aliphatic rings. The Bertz CT molecular complexity index is 167. The van der Waals surface area contributed by atoms with Gasteiger partial charge in [-0.05, 0) is 37.6 Å². The third kappa shape index (κ3) is 4.14. The Morgan fingerprint density at radius 2 is 1.87 bits per heavy atom. The van der Waals surface area contributed by atoms with E-state index < -0.39 is 0 Å². The van der Waals surface area contributed by atoms with E-state index in [0.29, 0.717) is 6.04 Å². The van der Waals surface area contributed by atoms with Crippen LogP contribution in [0, 0.1) is 17.8 Å². The van der Waals surface area contributed by atoms with Crippen LogP contribution in [-0.2, 0) is 0 Å². The molecule has 0 heterocycles. The van der Waals surface area contributed by atoms with Crippen LogP contribution in [0.4, 0.5) is 0 Å². The Morgan fingerprint density at radius 1 is 1.20 bits per heavy atom. The van der Waals surface area contributed by atoms with Gasteiger partial charge >= 0.3 is 0 Å². The SMILES string of the molecule is CCC(C)C(C)NCC1CCCCC1C. The maximum absolute atomic E-state index is 3.73. The first kappa shape index (κ1) is 13.0. The van der Waals surface area contributed by atoms with Crippen molar-refractivity contribution in [1.82, 2.24) is 5.32 Å². The normalized spacial score (nSPS) is 31.2. The largest absolute Gasteiger partial charge is 0.314 e. The minimum Gasteiger partial charge on any atom is -0.314 e. The molecule has 4 atom stereocenters. The van der Waals surface area contributed by atoms with Crippen molar-refractivity contribution in [3.05, 3.63) is 0 Å². The number of rotatable bonds is 5. The third-order valence-corrected chi connectivity index (χ3v) is 4.49. The zero-order chi connectivity index (χ0) is 11.3. The minimum absolute atomic E-state index is 0.684. The summed E-state index contributed by atoms with van der Waals surface area (Å²) in [5, 5.41) is 3.73. The quantitative estimate of drug-likeness (QED) is 0.728. The molecule has 4 unspecified atom stereocenters. The lowest BCUT2D eigenvalue weighted by molar-refractivity contribution is 0.233. The van der Waals surface area contributed by atoms with E-state index in [1.165, 1.54) is 38.6 Å². The second-order valence-corrected chi connectivity index (χ2v) is 5.60. The summed E-state index contributed by atoms with van der Waals surface area (Å²) < 4.78 is 0. The van der Waals surface area contributed by atoms with Crippen LogP contribution in [0.15, 0.2) is 0 Å². The van der Waals surface area contributed by atoms with Crippen molar-refractivity contribution in [2.75, 3.05) is 6.54 Å². The molecule has 0 amide bonds. The molecule has 1 heteroatoms. The molecule has 0 bridgehead atoms. The van der Waals surface area contributed by atoms with Gasteiger partial charge in [0.05, 0.1) is 0 Å². The first-order chi connectivity index (χ1) is 7.15. The van der Waals surface area contributed by atoms with Crippen molar-refractivity contribution < 1.29 is 0 Å². The number of nitrogens with one attached hydrogen (secondary N) is 1. The lowest BCUT2D eigenvalue weighted by atomic mass is 9.80. The molecule has 0 aromatic carbocycles. The third-order valence-electron chi connectivity index (χ3n) is 4.49. The maximum atomic E-state index is 3.73. The molecular weight excluding hydrogens is 182 g/mol. The average Bonchev–Trinajstić information content (AvgIpc) is 2.26. The van der Waals surface area contributed by atoms with E-state index in [0.717, 1.165) is 17.8 Å². The Labute approximate surface area is 96.0 Å². The van der Waals surface area contributed by atoms with Gasteiger partial charge in [-0.2, -0.15) is 0 Å². The summed E-state index contributed by atoms with van der Waals surface area (Å²) in [4.78, 5) is 0. The predicted molar refractivity (Wildman–Crippen MR) is 68.0 cm³/mol. The van der Waals surface area contributed by atoms with Crippen molar-refractivity contribution in [2.24, 2.45) is 17.8 Å². The van der Waals surface area contributed by atoms with Gasteiger partial charge in [-0.3, -0.25) is 0 Å². The van der Waals surface area contributed by atoms with Crippen molar-refractivity contribution in [3.63, 3.8) is 0 Å². The summed E-state index contributed by atoms with van der Waals surface area (Å²) in [6.45, 7) is 10.6. The topological polar surface area (TPSA) is 12.0 Å². The second-order valence-electron chi connectivity index (χ2n) is 5.60. The summed E-state index contributed by atoms with van der Waals surface area (Å²) in [5.41, 5.74) is 0. The average molecular weight is 211 g/mol. The highest BCUT2D eigenvalue weighted by Crippen LogP contribution is 2.29. The monoisotopic (exact) mass is 211 g/mol. The van der Waals surface area contributed by atoms with Gasteiger partial charge in [0.25, 0.3) is 0 Å². The first-order valence-corrected chi connectivity index (χ1v) is 6.88. The van der Waals surface area contributed by atoms with Gasteiger partial charge in [0.1, 0.15) is 0 Å². The minimum atomic E-state index is 0.684. The van der Waals surface area contributed by atoms with Crippen LogP contribution in [0.5, 0.6) is 0 Å². The van der Waals surface area contributed by atoms with Crippen LogP contribution in [0.25, 0.3) is 0 Å². The fourth-order valence-corrected chi connectivity index (χ4v) is 2.59. The standard InChI is InChI=1S/C14H29N/c1-5-11(2)13(4)15-10-14-9-7-6-8-12(14)3/h11-15H,5-10H2,1-4H3. The van der Waals surface area contributed by atoms with Crippen LogP contribution in [0.2, 0.25) is 0 Å². The van der Waals surface area contributed by atoms with E-state index in [9.17, 15) is 0 Å². The Morgan fingerprint density at radius 3 is 2.47 bits per heavy atom. The zero-order valence-corrected chi connectivity index (χ0v) is 11.1. The summed E-state index contributed by atoms with van der Waals surface area (Å²) in [5.74, 6) is 2.68. The molecule has 15 heavy (non-hydrogen) atoms. The summed E-state index contributed by atoms with van der Waals surface area (Å²) in [7, 11) is 0. The fraction of sp³-hybridized carbons (Fsp3) is 1.00. The van der Waals surface area contributed by atoms with Crippen LogP contribution in [0.1, 0.15) is 59.8 Å². The van der Waals surface area contributed by atoms with Crippen LogP contribution < -0.4 is 5.32 Å². The molecule has 90 valence electrons. The molecule has 0 aliphatic heterocycles. The van der Waals surface area contributed by atoms with E-state index >= 15 is 0 Å². The van der Waals surface area contributed by atoms with Crippen LogP contribution >= 0.6 is 0 Å². The van der Waals surface area contributed by atoms with Gasteiger partial charge in [-0.1, -0.05) is 46.5 Å². The molecule has 1 rings (SSSR count). The Balaban J connectivity index is 2.23. The van der Waals surface area contributed by atoms with Gasteiger partial charge in [0.2, 0.25) is 0 Å². The smallest absolute Gasteiger partial charge is 0.00643 e.